The monoisotopic (exact) mass is 396 g/mol. The Morgan fingerprint density at radius 3 is 2.61 bits per heavy atom. The minimum atomic E-state index is -0.937. The summed E-state index contributed by atoms with van der Waals surface area (Å²) in [6.07, 6.45) is 3.20. The molecule has 0 amide bonds. The first kappa shape index (κ1) is 19.5. The van der Waals surface area contributed by atoms with Crippen LogP contribution in [0.2, 0.25) is 5.02 Å². The van der Waals surface area contributed by atoms with Crippen LogP contribution in [0.15, 0.2) is 42.5 Å². The Morgan fingerprint density at radius 1 is 1.14 bits per heavy atom. The fraction of sp³-hybridized carbons (Fsp3) is 0.417. The van der Waals surface area contributed by atoms with Gasteiger partial charge >= 0.3 is 0 Å². The smallest absolute Gasteiger partial charge is 0.105 e. The predicted molar refractivity (Wildman–Crippen MR) is 117 cm³/mol. The maximum Gasteiger partial charge on any atom is 0.105 e. The molecule has 3 nitrogen and oxygen atoms in total. The number of benzene rings is 2. The largest absolute Gasteiger partial charge is 0.384 e. The van der Waals surface area contributed by atoms with Crippen LogP contribution in [0.25, 0.3) is 10.9 Å². The Bertz CT molecular complexity index is 988. The van der Waals surface area contributed by atoms with Crippen molar-refractivity contribution in [2.45, 2.75) is 51.8 Å². The molecule has 1 aliphatic rings. The number of likely N-dealkylation sites (N-methyl/N-ethyl adjacent to an activating group) is 1. The van der Waals surface area contributed by atoms with E-state index in [1.54, 1.807) is 0 Å². The van der Waals surface area contributed by atoms with Gasteiger partial charge in [0.25, 0.3) is 0 Å². The molecule has 2 heterocycles. The van der Waals surface area contributed by atoms with Gasteiger partial charge in [-0.05, 0) is 55.3 Å². The zero-order valence-corrected chi connectivity index (χ0v) is 17.8. The minimum Gasteiger partial charge on any atom is -0.384 e. The van der Waals surface area contributed by atoms with E-state index in [-0.39, 0.29) is 0 Å². The number of fused-ring (bicyclic) bond motifs is 3. The average molecular weight is 397 g/mol. The van der Waals surface area contributed by atoms with Gasteiger partial charge in [0, 0.05) is 41.1 Å². The van der Waals surface area contributed by atoms with Gasteiger partial charge in [-0.15, -0.1) is 0 Å². The van der Waals surface area contributed by atoms with Gasteiger partial charge in [0.1, 0.15) is 5.60 Å². The van der Waals surface area contributed by atoms with E-state index in [1.165, 1.54) is 22.2 Å². The minimum absolute atomic E-state index is 0.539. The third kappa shape index (κ3) is 3.59. The summed E-state index contributed by atoms with van der Waals surface area (Å²) in [5, 5.41) is 13.4. The fourth-order valence-corrected chi connectivity index (χ4v) is 4.63. The molecule has 0 aliphatic carbocycles. The summed E-state index contributed by atoms with van der Waals surface area (Å²) in [5.41, 5.74) is 5.19. The molecule has 1 atom stereocenters. The number of halogens is 1. The second-order valence-electron chi connectivity index (χ2n) is 8.38. The first-order valence-corrected chi connectivity index (χ1v) is 10.6. The quantitative estimate of drug-likeness (QED) is 0.646. The first-order valence-electron chi connectivity index (χ1n) is 10.2. The lowest BCUT2D eigenvalue weighted by Crippen LogP contribution is -2.31. The predicted octanol–water partition coefficient (Wildman–Crippen LogP) is 5.14. The maximum absolute atomic E-state index is 11.4. The highest BCUT2D eigenvalue weighted by molar-refractivity contribution is 6.31. The highest BCUT2D eigenvalue weighted by Gasteiger charge is 2.29. The van der Waals surface area contributed by atoms with Crippen molar-refractivity contribution in [3.63, 3.8) is 0 Å². The summed E-state index contributed by atoms with van der Waals surface area (Å²) in [7, 11) is 2.16. The van der Waals surface area contributed by atoms with Crippen LogP contribution in [-0.2, 0) is 31.5 Å². The Kier molecular flexibility index (Phi) is 5.26. The molecule has 0 spiro atoms. The second kappa shape index (κ2) is 7.55. The van der Waals surface area contributed by atoms with Crippen LogP contribution < -0.4 is 0 Å². The van der Waals surface area contributed by atoms with Crippen LogP contribution >= 0.6 is 11.6 Å². The molecule has 0 bridgehead atoms. The topological polar surface area (TPSA) is 28.4 Å². The van der Waals surface area contributed by atoms with Crippen LogP contribution in [0.3, 0.4) is 0 Å². The molecule has 28 heavy (non-hydrogen) atoms. The van der Waals surface area contributed by atoms with Crippen molar-refractivity contribution in [1.29, 1.82) is 0 Å². The number of aryl methyl sites for hydroxylation is 1. The normalized spacial score (nSPS) is 16.9. The number of hydrogen-bond acceptors (Lipinski definition) is 2. The van der Waals surface area contributed by atoms with Crippen molar-refractivity contribution in [1.82, 2.24) is 9.47 Å². The number of nitrogens with zero attached hydrogens (tertiary/aromatic N) is 2. The molecule has 4 rings (SSSR count). The second-order valence-corrected chi connectivity index (χ2v) is 8.82. The Balaban J connectivity index is 1.74. The molecule has 0 radical (unpaired) electrons. The van der Waals surface area contributed by atoms with Gasteiger partial charge in [-0.1, -0.05) is 49.2 Å². The summed E-state index contributed by atoms with van der Waals surface area (Å²) in [5.74, 6) is 0. The third-order valence-corrected chi connectivity index (χ3v) is 6.22. The van der Waals surface area contributed by atoms with Gasteiger partial charge in [0.15, 0.2) is 0 Å². The van der Waals surface area contributed by atoms with Crippen LogP contribution in [-0.4, -0.2) is 28.2 Å². The van der Waals surface area contributed by atoms with Gasteiger partial charge < -0.3 is 14.6 Å². The number of hydrogen-bond donors (Lipinski definition) is 1. The van der Waals surface area contributed by atoms with Crippen molar-refractivity contribution in [2.75, 3.05) is 13.6 Å². The molecular weight excluding hydrogens is 368 g/mol. The van der Waals surface area contributed by atoms with E-state index in [0.29, 0.717) is 6.54 Å². The SMILES string of the molecule is CCCc1ccc(C(C)(O)Cn2c3c(c4cc(Cl)ccc42)CN(C)CC3)cc1. The van der Waals surface area contributed by atoms with Gasteiger partial charge in [0.05, 0.1) is 6.54 Å². The van der Waals surface area contributed by atoms with Gasteiger partial charge in [-0.25, -0.2) is 0 Å². The zero-order valence-electron chi connectivity index (χ0n) is 17.0. The van der Waals surface area contributed by atoms with Gasteiger partial charge in [0.2, 0.25) is 0 Å². The van der Waals surface area contributed by atoms with Crippen LogP contribution in [0.4, 0.5) is 0 Å². The summed E-state index contributed by atoms with van der Waals surface area (Å²) in [6, 6.07) is 14.6. The molecule has 0 fully saturated rings. The van der Waals surface area contributed by atoms with E-state index in [4.69, 9.17) is 11.6 Å². The van der Waals surface area contributed by atoms with Crippen molar-refractivity contribution < 1.29 is 5.11 Å². The van der Waals surface area contributed by atoms with Gasteiger partial charge in [-0.2, -0.15) is 0 Å². The summed E-state index contributed by atoms with van der Waals surface area (Å²) in [4.78, 5) is 2.34. The van der Waals surface area contributed by atoms with Gasteiger partial charge in [-0.3, -0.25) is 0 Å². The maximum atomic E-state index is 11.4. The Hall–Kier alpha value is -1.81. The lowest BCUT2D eigenvalue weighted by molar-refractivity contribution is 0.0385. The molecule has 1 N–H and O–H groups in total. The molecule has 0 saturated carbocycles. The zero-order chi connectivity index (χ0) is 19.9. The molecule has 1 aliphatic heterocycles. The Morgan fingerprint density at radius 2 is 1.89 bits per heavy atom. The molecule has 0 saturated heterocycles. The van der Waals surface area contributed by atoms with E-state index >= 15 is 0 Å². The van der Waals surface area contributed by atoms with Crippen molar-refractivity contribution in [3.05, 3.63) is 69.9 Å². The molecule has 1 aromatic heterocycles. The average Bonchev–Trinajstić information content (AvgIpc) is 2.94. The van der Waals surface area contributed by atoms with Crippen LogP contribution in [0.5, 0.6) is 0 Å². The highest BCUT2D eigenvalue weighted by Crippen LogP contribution is 2.35. The summed E-state index contributed by atoms with van der Waals surface area (Å²) < 4.78 is 2.31. The van der Waals surface area contributed by atoms with Crippen molar-refractivity contribution in [2.24, 2.45) is 0 Å². The third-order valence-electron chi connectivity index (χ3n) is 5.99. The Labute approximate surface area is 172 Å². The summed E-state index contributed by atoms with van der Waals surface area (Å²) >= 11 is 6.30. The van der Waals surface area contributed by atoms with Crippen LogP contribution in [0.1, 0.15) is 42.7 Å². The van der Waals surface area contributed by atoms with Crippen molar-refractivity contribution >= 4 is 22.5 Å². The molecule has 3 aromatic rings. The summed E-state index contributed by atoms with van der Waals surface area (Å²) in [6.45, 7) is 6.61. The fourth-order valence-electron chi connectivity index (χ4n) is 4.46. The molecular formula is C24H29ClN2O. The van der Waals surface area contributed by atoms with E-state index in [1.807, 2.05) is 13.0 Å². The molecule has 148 valence electrons. The number of aliphatic hydroxyl groups is 1. The van der Waals surface area contributed by atoms with E-state index in [9.17, 15) is 5.11 Å². The van der Waals surface area contributed by atoms with Crippen LogP contribution in [0, 0.1) is 0 Å². The standard InChI is InChI=1S/C24H29ClN2O/c1-4-5-17-6-8-18(9-7-17)24(2,28)16-27-22-11-10-19(25)14-20(22)21-15-26(3)13-12-23(21)27/h6-11,14,28H,4-5,12-13,15-16H2,1-3H3. The molecule has 2 aromatic carbocycles. The van der Waals surface area contributed by atoms with E-state index < -0.39 is 5.60 Å². The van der Waals surface area contributed by atoms with E-state index in [0.717, 1.165) is 48.5 Å². The van der Waals surface area contributed by atoms with Crippen molar-refractivity contribution in [3.8, 4) is 0 Å². The first-order chi connectivity index (χ1) is 13.4. The highest BCUT2D eigenvalue weighted by atomic mass is 35.5. The van der Waals surface area contributed by atoms with E-state index in [2.05, 4.69) is 59.8 Å². The lowest BCUT2D eigenvalue weighted by atomic mass is 9.94. The lowest BCUT2D eigenvalue weighted by Gasteiger charge is -2.29. The number of aromatic nitrogens is 1. The number of rotatable bonds is 5. The molecule has 1 unspecified atom stereocenters. The molecule has 4 heteroatoms.